The van der Waals surface area contributed by atoms with Gasteiger partial charge in [-0.15, -0.1) is 10.2 Å². The molecule has 1 aliphatic rings. The maximum absolute atomic E-state index is 12.3. The molecule has 2 amide bonds. The molecule has 1 N–H and O–H groups in total. The van der Waals surface area contributed by atoms with Crippen LogP contribution < -0.4 is 10.2 Å². The average molecular weight is 376 g/mol. The monoisotopic (exact) mass is 376 g/mol. The van der Waals surface area contributed by atoms with Gasteiger partial charge in [-0.1, -0.05) is 11.8 Å². The SMILES string of the molecule is Cc1cnc(C)c(N2CCN(C(=O)NCCSc3nncn3C)CC2)n1. The van der Waals surface area contributed by atoms with Crippen molar-refractivity contribution in [1.82, 2.24) is 34.9 Å². The molecule has 140 valence electrons. The molecule has 10 heteroatoms. The van der Waals surface area contributed by atoms with E-state index >= 15 is 0 Å². The average Bonchev–Trinajstić information content (AvgIpc) is 3.06. The van der Waals surface area contributed by atoms with Crippen molar-refractivity contribution in [3.63, 3.8) is 0 Å². The summed E-state index contributed by atoms with van der Waals surface area (Å²) in [5, 5.41) is 11.7. The van der Waals surface area contributed by atoms with Crippen molar-refractivity contribution in [3.8, 4) is 0 Å². The zero-order chi connectivity index (χ0) is 18.5. The second-order valence-electron chi connectivity index (χ2n) is 6.20. The van der Waals surface area contributed by atoms with Crippen LogP contribution in [0.4, 0.5) is 10.6 Å². The fraction of sp³-hybridized carbons (Fsp3) is 0.562. The lowest BCUT2D eigenvalue weighted by atomic mass is 10.3. The van der Waals surface area contributed by atoms with Crippen LogP contribution in [-0.2, 0) is 7.05 Å². The Balaban J connectivity index is 1.42. The molecule has 2 aromatic heterocycles. The van der Waals surface area contributed by atoms with Crippen molar-refractivity contribution in [3.05, 3.63) is 23.9 Å². The molecular weight excluding hydrogens is 352 g/mol. The molecule has 2 aromatic rings. The van der Waals surface area contributed by atoms with Gasteiger partial charge in [0.15, 0.2) is 5.16 Å². The van der Waals surface area contributed by atoms with Gasteiger partial charge in [-0.25, -0.2) is 9.78 Å². The predicted octanol–water partition coefficient (Wildman–Crippen LogP) is 0.846. The van der Waals surface area contributed by atoms with Crippen LogP contribution in [0.1, 0.15) is 11.4 Å². The third kappa shape index (κ3) is 4.43. The molecule has 0 saturated carbocycles. The smallest absolute Gasteiger partial charge is 0.317 e. The highest BCUT2D eigenvalue weighted by Crippen LogP contribution is 2.17. The first-order valence-electron chi connectivity index (χ1n) is 8.59. The Kier molecular flexibility index (Phi) is 5.92. The number of thioether (sulfide) groups is 1. The Labute approximate surface area is 157 Å². The van der Waals surface area contributed by atoms with E-state index in [2.05, 4.69) is 30.4 Å². The molecule has 26 heavy (non-hydrogen) atoms. The summed E-state index contributed by atoms with van der Waals surface area (Å²) in [7, 11) is 1.90. The zero-order valence-electron chi connectivity index (χ0n) is 15.3. The summed E-state index contributed by atoms with van der Waals surface area (Å²) in [4.78, 5) is 25.3. The zero-order valence-corrected chi connectivity index (χ0v) is 16.2. The molecular formula is C16H24N8OS. The molecule has 3 heterocycles. The van der Waals surface area contributed by atoms with Crippen molar-refractivity contribution < 1.29 is 4.79 Å². The minimum atomic E-state index is -0.0183. The number of carbonyl (C=O) groups excluding carboxylic acids is 1. The van der Waals surface area contributed by atoms with Crippen LogP contribution in [0, 0.1) is 13.8 Å². The highest BCUT2D eigenvalue weighted by atomic mass is 32.2. The molecule has 0 unspecified atom stereocenters. The first-order chi connectivity index (χ1) is 12.5. The van der Waals surface area contributed by atoms with E-state index in [0.29, 0.717) is 19.6 Å². The van der Waals surface area contributed by atoms with Gasteiger partial charge in [0.25, 0.3) is 0 Å². The Morgan fingerprint density at radius 2 is 2.04 bits per heavy atom. The van der Waals surface area contributed by atoms with E-state index < -0.39 is 0 Å². The lowest BCUT2D eigenvalue weighted by Crippen LogP contribution is -2.52. The number of hydrogen-bond donors (Lipinski definition) is 1. The number of carbonyl (C=O) groups is 1. The number of nitrogens with zero attached hydrogens (tertiary/aromatic N) is 7. The molecule has 0 bridgehead atoms. The molecule has 3 rings (SSSR count). The molecule has 1 fully saturated rings. The van der Waals surface area contributed by atoms with Crippen molar-refractivity contribution in [2.24, 2.45) is 7.05 Å². The molecule has 0 aromatic carbocycles. The number of aryl methyl sites for hydroxylation is 3. The van der Waals surface area contributed by atoms with Crippen LogP contribution in [0.2, 0.25) is 0 Å². The van der Waals surface area contributed by atoms with E-state index in [0.717, 1.165) is 41.2 Å². The number of anilines is 1. The van der Waals surface area contributed by atoms with Gasteiger partial charge in [-0.2, -0.15) is 0 Å². The van der Waals surface area contributed by atoms with Crippen LogP contribution in [0.3, 0.4) is 0 Å². The Morgan fingerprint density at radius 1 is 1.27 bits per heavy atom. The topological polar surface area (TPSA) is 92.1 Å². The first kappa shape index (κ1) is 18.4. The minimum absolute atomic E-state index is 0.0183. The number of hydrogen-bond acceptors (Lipinski definition) is 7. The van der Waals surface area contributed by atoms with E-state index in [4.69, 9.17) is 0 Å². The van der Waals surface area contributed by atoms with Crippen molar-refractivity contribution in [1.29, 1.82) is 0 Å². The van der Waals surface area contributed by atoms with Crippen molar-refractivity contribution >= 4 is 23.6 Å². The third-order valence-electron chi connectivity index (χ3n) is 4.20. The number of amides is 2. The summed E-state index contributed by atoms with van der Waals surface area (Å²) in [5.41, 5.74) is 1.83. The number of rotatable bonds is 5. The summed E-state index contributed by atoms with van der Waals surface area (Å²) < 4.78 is 1.86. The van der Waals surface area contributed by atoms with Gasteiger partial charge in [0, 0.05) is 51.7 Å². The number of urea groups is 1. The summed E-state index contributed by atoms with van der Waals surface area (Å²) in [6, 6.07) is -0.0183. The van der Waals surface area contributed by atoms with Crippen molar-refractivity contribution in [2.75, 3.05) is 43.4 Å². The van der Waals surface area contributed by atoms with Crippen molar-refractivity contribution in [2.45, 2.75) is 19.0 Å². The van der Waals surface area contributed by atoms with E-state index in [1.807, 2.05) is 30.4 Å². The molecule has 0 aliphatic carbocycles. The van der Waals surface area contributed by atoms with E-state index in [1.165, 1.54) is 0 Å². The van der Waals surface area contributed by atoms with Gasteiger partial charge >= 0.3 is 6.03 Å². The molecule has 1 aliphatic heterocycles. The van der Waals surface area contributed by atoms with Crippen LogP contribution in [0.25, 0.3) is 0 Å². The maximum atomic E-state index is 12.3. The minimum Gasteiger partial charge on any atom is -0.352 e. The number of nitrogens with one attached hydrogen (secondary N) is 1. The van der Waals surface area contributed by atoms with Gasteiger partial charge in [0.1, 0.15) is 12.1 Å². The van der Waals surface area contributed by atoms with E-state index in [-0.39, 0.29) is 6.03 Å². The number of piperazine rings is 1. The van der Waals surface area contributed by atoms with Crippen LogP contribution in [0.5, 0.6) is 0 Å². The Morgan fingerprint density at radius 3 is 2.73 bits per heavy atom. The quantitative estimate of drug-likeness (QED) is 0.611. The number of aromatic nitrogens is 5. The largest absolute Gasteiger partial charge is 0.352 e. The standard InChI is InChI=1S/C16H24N8OS/c1-12-10-18-13(2)14(20-12)23-5-7-24(8-6-23)15(25)17-4-9-26-16-21-19-11-22(16)3/h10-11H,4-9H2,1-3H3,(H,17,25). The van der Waals surface area contributed by atoms with Gasteiger partial charge < -0.3 is 19.7 Å². The fourth-order valence-electron chi connectivity index (χ4n) is 2.76. The lowest BCUT2D eigenvalue weighted by Gasteiger charge is -2.35. The van der Waals surface area contributed by atoms with Crippen LogP contribution >= 0.6 is 11.8 Å². The summed E-state index contributed by atoms with van der Waals surface area (Å²) in [6.07, 6.45) is 3.45. The summed E-state index contributed by atoms with van der Waals surface area (Å²) in [6.45, 7) is 7.39. The van der Waals surface area contributed by atoms with E-state index in [1.54, 1.807) is 24.3 Å². The molecule has 0 spiro atoms. The highest BCUT2D eigenvalue weighted by Gasteiger charge is 2.23. The molecule has 0 atom stereocenters. The normalized spacial score (nSPS) is 14.6. The summed E-state index contributed by atoms with van der Waals surface area (Å²) >= 11 is 1.58. The first-order valence-corrected chi connectivity index (χ1v) is 9.58. The second kappa shape index (κ2) is 8.35. The van der Waals surface area contributed by atoms with Crippen LogP contribution in [0.15, 0.2) is 17.7 Å². The fourth-order valence-corrected chi connectivity index (χ4v) is 3.50. The van der Waals surface area contributed by atoms with Gasteiger partial charge in [0.2, 0.25) is 0 Å². The third-order valence-corrected chi connectivity index (χ3v) is 5.23. The lowest BCUT2D eigenvalue weighted by molar-refractivity contribution is 0.195. The maximum Gasteiger partial charge on any atom is 0.317 e. The molecule has 1 saturated heterocycles. The summed E-state index contributed by atoms with van der Waals surface area (Å²) in [5.74, 6) is 1.68. The van der Waals surface area contributed by atoms with Crippen LogP contribution in [-0.4, -0.2) is 74.1 Å². The predicted molar refractivity (Wildman–Crippen MR) is 100 cm³/mol. The van der Waals surface area contributed by atoms with E-state index in [9.17, 15) is 4.79 Å². The van der Waals surface area contributed by atoms with Gasteiger partial charge in [-0.05, 0) is 13.8 Å². The highest BCUT2D eigenvalue weighted by molar-refractivity contribution is 7.99. The Hall–Kier alpha value is -2.36. The Bertz CT molecular complexity index is 756. The second-order valence-corrected chi connectivity index (χ2v) is 7.26. The molecule has 9 nitrogen and oxygen atoms in total. The van der Waals surface area contributed by atoms with Gasteiger partial charge in [0.05, 0.1) is 11.4 Å². The van der Waals surface area contributed by atoms with Gasteiger partial charge in [-0.3, -0.25) is 4.98 Å². The molecule has 0 radical (unpaired) electrons.